The van der Waals surface area contributed by atoms with E-state index in [4.69, 9.17) is 5.73 Å². The summed E-state index contributed by atoms with van der Waals surface area (Å²) < 4.78 is 41.3. The molecule has 1 rings (SSSR count). The molecule has 0 aliphatic carbocycles. The van der Waals surface area contributed by atoms with Gasteiger partial charge in [0.1, 0.15) is 6.61 Å². The van der Waals surface area contributed by atoms with Crippen LogP contribution in [0.1, 0.15) is 25.6 Å². The van der Waals surface area contributed by atoms with Crippen molar-refractivity contribution in [1.29, 1.82) is 0 Å². The van der Waals surface area contributed by atoms with E-state index in [1.54, 1.807) is 6.20 Å². The standard InChI is InChI=1S/C10H17F3N4O/c1-7(2)9(14)8-5-17(16-15-8)3-4-18-6-10(11,12)13/h5,7,9H,3-4,6,14H2,1-2H3. The number of nitrogens with two attached hydrogens (primary N) is 1. The lowest BCUT2D eigenvalue weighted by atomic mass is 10.0. The van der Waals surface area contributed by atoms with E-state index >= 15 is 0 Å². The van der Waals surface area contributed by atoms with Gasteiger partial charge in [-0.2, -0.15) is 13.2 Å². The molecule has 0 bridgehead atoms. The summed E-state index contributed by atoms with van der Waals surface area (Å²) >= 11 is 0. The summed E-state index contributed by atoms with van der Waals surface area (Å²) in [5.41, 5.74) is 6.49. The summed E-state index contributed by atoms with van der Waals surface area (Å²) in [4.78, 5) is 0. The molecule has 104 valence electrons. The molecular weight excluding hydrogens is 249 g/mol. The molecule has 1 aromatic rings. The Morgan fingerprint density at radius 2 is 2.11 bits per heavy atom. The van der Waals surface area contributed by atoms with Crippen molar-refractivity contribution in [3.8, 4) is 0 Å². The van der Waals surface area contributed by atoms with E-state index in [-0.39, 0.29) is 25.1 Å². The largest absolute Gasteiger partial charge is 0.411 e. The van der Waals surface area contributed by atoms with Crippen molar-refractivity contribution in [2.45, 2.75) is 32.6 Å². The van der Waals surface area contributed by atoms with Crippen molar-refractivity contribution in [2.75, 3.05) is 13.2 Å². The third-order valence-electron chi connectivity index (χ3n) is 2.35. The quantitative estimate of drug-likeness (QED) is 0.793. The van der Waals surface area contributed by atoms with Gasteiger partial charge in [-0.3, -0.25) is 0 Å². The van der Waals surface area contributed by atoms with Crippen LogP contribution in [0.5, 0.6) is 0 Å². The van der Waals surface area contributed by atoms with Gasteiger partial charge in [-0.1, -0.05) is 19.1 Å². The molecule has 1 aromatic heterocycles. The first kappa shape index (κ1) is 14.9. The SMILES string of the molecule is CC(C)C(N)c1cn(CCOCC(F)(F)F)nn1. The van der Waals surface area contributed by atoms with Crippen LogP contribution in [0.25, 0.3) is 0 Å². The molecule has 0 spiro atoms. The molecular formula is C10H17F3N4O. The summed E-state index contributed by atoms with van der Waals surface area (Å²) in [6, 6.07) is -0.227. The average molecular weight is 266 g/mol. The highest BCUT2D eigenvalue weighted by molar-refractivity contribution is 5.00. The van der Waals surface area contributed by atoms with Crippen LogP contribution >= 0.6 is 0 Å². The summed E-state index contributed by atoms with van der Waals surface area (Å²) in [5, 5.41) is 7.65. The van der Waals surface area contributed by atoms with Crippen molar-refractivity contribution in [3.63, 3.8) is 0 Å². The molecule has 0 aliphatic heterocycles. The van der Waals surface area contributed by atoms with E-state index in [1.807, 2.05) is 13.8 Å². The maximum absolute atomic E-state index is 11.8. The third-order valence-corrected chi connectivity index (χ3v) is 2.35. The predicted molar refractivity (Wildman–Crippen MR) is 58.7 cm³/mol. The molecule has 0 aromatic carbocycles. The Morgan fingerprint density at radius 3 is 2.67 bits per heavy atom. The van der Waals surface area contributed by atoms with Crippen LogP contribution in [0.2, 0.25) is 0 Å². The van der Waals surface area contributed by atoms with Crippen molar-refractivity contribution in [3.05, 3.63) is 11.9 Å². The highest BCUT2D eigenvalue weighted by Gasteiger charge is 2.27. The first-order chi connectivity index (χ1) is 8.29. The second kappa shape index (κ2) is 6.14. The number of hydrogen-bond acceptors (Lipinski definition) is 4. The molecule has 1 heterocycles. The lowest BCUT2D eigenvalue weighted by Gasteiger charge is -2.11. The van der Waals surface area contributed by atoms with E-state index < -0.39 is 12.8 Å². The Bertz CT molecular complexity index is 364. The Morgan fingerprint density at radius 1 is 1.44 bits per heavy atom. The van der Waals surface area contributed by atoms with Crippen LogP contribution in [0.4, 0.5) is 13.2 Å². The molecule has 0 radical (unpaired) electrons. The Labute approximate surface area is 103 Å². The zero-order chi connectivity index (χ0) is 13.8. The number of ether oxygens (including phenoxy) is 1. The Kier molecular flexibility index (Phi) is 5.09. The second-order valence-electron chi connectivity index (χ2n) is 4.34. The number of halogens is 3. The van der Waals surface area contributed by atoms with Crippen molar-refractivity contribution in [2.24, 2.45) is 11.7 Å². The molecule has 0 amide bonds. The first-order valence-electron chi connectivity index (χ1n) is 5.59. The maximum Gasteiger partial charge on any atom is 0.411 e. The fraction of sp³-hybridized carbons (Fsp3) is 0.800. The minimum Gasteiger partial charge on any atom is -0.370 e. The van der Waals surface area contributed by atoms with Gasteiger partial charge in [0.25, 0.3) is 0 Å². The second-order valence-corrected chi connectivity index (χ2v) is 4.34. The number of aromatic nitrogens is 3. The van der Waals surface area contributed by atoms with Gasteiger partial charge in [-0.25, -0.2) is 4.68 Å². The van der Waals surface area contributed by atoms with Crippen LogP contribution in [-0.2, 0) is 11.3 Å². The summed E-state index contributed by atoms with van der Waals surface area (Å²) in [7, 11) is 0. The minimum atomic E-state index is -4.30. The maximum atomic E-state index is 11.8. The fourth-order valence-electron chi connectivity index (χ4n) is 1.26. The van der Waals surface area contributed by atoms with Crippen LogP contribution in [0.15, 0.2) is 6.20 Å². The summed E-state index contributed by atoms with van der Waals surface area (Å²) in [5.74, 6) is 0.219. The first-order valence-corrected chi connectivity index (χ1v) is 5.59. The van der Waals surface area contributed by atoms with Crippen molar-refractivity contribution < 1.29 is 17.9 Å². The number of nitrogens with zero attached hydrogens (tertiary/aromatic N) is 3. The molecule has 0 saturated heterocycles. The van der Waals surface area contributed by atoms with E-state index in [2.05, 4.69) is 15.0 Å². The summed E-state index contributed by atoms with van der Waals surface area (Å²) in [6.07, 6.45) is -2.67. The normalized spacial score (nSPS) is 14.2. The van der Waals surface area contributed by atoms with Gasteiger partial charge in [0.2, 0.25) is 0 Å². The van der Waals surface area contributed by atoms with E-state index in [0.29, 0.717) is 5.69 Å². The number of hydrogen-bond donors (Lipinski definition) is 1. The topological polar surface area (TPSA) is 66.0 Å². The molecule has 1 atom stereocenters. The molecule has 5 nitrogen and oxygen atoms in total. The van der Waals surface area contributed by atoms with Crippen molar-refractivity contribution in [1.82, 2.24) is 15.0 Å². The van der Waals surface area contributed by atoms with E-state index in [0.717, 1.165) is 0 Å². The molecule has 0 aliphatic rings. The average Bonchev–Trinajstić information content (AvgIpc) is 2.70. The predicted octanol–water partition coefficient (Wildman–Crippen LogP) is 1.51. The monoisotopic (exact) mass is 266 g/mol. The molecule has 0 fully saturated rings. The van der Waals surface area contributed by atoms with Gasteiger partial charge < -0.3 is 10.5 Å². The van der Waals surface area contributed by atoms with Gasteiger partial charge >= 0.3 is 6.18 Å². The number of alkyl halides is 3. The molecule has 2 N–H and O–H groups in total. The number of rotatable bonds is 6. The van der Waals surface area contributed by atoms with Gasteiger partial charge in [-0.15, -0.1) is 5.10 Å². The minimum absolute atomic E-state index is 0.0702. The molecule has 8 heteroatoms. The van der Waals surface area contributed by atoms with Crippen LogP contribution in [-0.4, -0.2) is 34.4 Å². The van der Waals surface area contributed by atoms with Gasteiger partial charge in [0, 0.05) is 0 Å². The molecule has 18 heavy (non-hydrogen) atoms. The highest BCUT2D eigenvalue weighted by atomic mass is 19.4. The van der Waals surface area contributed by atoms with Crippen molar-refractivity contribution >= 4 is 0 Å². The molecule has 1 unspecified atom stereocenters. The third kappa shape index (κ3) is 5.01. The van der Waals surface area contributed by atoms with Gasteiger partial charge in [0.15, 0.2) is 0 Å². The molecule has 0 saturated carbocycles. The fourth-order valence-corrected chi connectivity index (χ4v) is 1.26. The smallest absolute Gasteiger partial charge is 0.370 e. The van der Waals surface area contributed by atoms with Gasteiger partial charge in [-0.05, 0) is 5.92 Å². The Balaban J connectivity index is 2.36. The lowest BCUT2D eigenvalue weighted by molar-refractivity contribution is -0.174. The van der Waals surface area contributed by atoms with E-state index in [9.17, 15) is 13.2 Å². The lowest BCUT2D eigenvalue weighted by Crippen LogP contribution is -2.19. The zero-order valence-corrected chi connectivity index (χ0v) is 10.3. The van der Waals surface area contributed by atoms with Crippen LogP contribution in [0, 0.1) is 5.92 Å². The van der Waals surface area contributed by atoms with Crippen LogP contribution in [0.3, 0.4) is 0 Å². The van der Waals surface area contributed by atoms with Crippen LogP contribution < -0.4 is 5.73 Å². The summed E-state index contributed by atoms with van der Waals surface area (Å²) in [6.45, 7) is 2.81. The van der Waals surface area contributed by atoms with E-state index in [1.165, 1.54) is 4.68 Å². The Hall–Kier alpha value is -1.15. The van der Waals surface area contributed by atoms with Gasteiger partial charge in [0.05, 0.1) is 31.1 Å². The zero-order valence-electron chi connectivity index (χ0n) is 10.3. The highest BCUT2D eigenvalue weighted by Crippen LogP contribution is 2.16.